The summed E-state index contributed by atoms with van der Waals surface area (Å²) >= 11 is 0. The number of terminal acetylenes is 1. The summed E-state index contributed by atoms with van der Waals surface area (Å²) in [6.45, 7) is 3.21. The van der Waals surface area contributed by atoms with Crippen LogP contribution in [0, 0.1) is 12.3 Å². The average molecular weight is 288 g/mol. The summed E-state index contributed by atoms with van der Waals surface area (Å²) in [6.07, 6.45) is 5.24. The zero-order valence-corrected chi connectivity index (χ0v) is 12.3. The van der Waals surface area contributed by atoms with Crippen molar-refractivity contribution in [1.82, 2.24) is 5.32 Å². The average Bonchev–Trinajstić information content (AvgIpc) is 2.45. The molecular weight excluding hydrogens is 268 g/mol. The van der Waals surface area contributed by atoms with Crippen LogP contribution in [0.5, 0.6) is 0 Å². The van der Waals surface area contributed by atoms with Crippen LogP contribution in [0.25, 0.3) is 0 Å². The SMILES string of the molecule is C#CC[C@@](C)(N)C(=O)N[C@@H](C)C(=O)OCc1ccccc1. The van der Waals surface area contributed by atoms with E-state index in [2.05, 4.69) is 11.2 Å². The maximum atomic E-state index is 11.9. The predicted octanol–water partition coefficient (Wildman–Crippen LogP) is 0.975. The van der Waals surface area contributed by atoms with Crippen molar-refractivity contribution in [3.8, 4) is 12.3 Å². The molecule has 0 aliphatic carbocycles. The first-order valence-electron chi connectivity index (χ1n) is 6.60. The number of carbonyl (C=O) groups is 2. The van der Waals surface area contributed by atoms with Crippen LogP contribution >= 0.6 is 0 Å². The van der Waals surface area contributed by atoms with Gasteiger partial charge in [0, 0.05) is 6.42 Å². The van der Waals surface area contributed by atoms with Gasteiger partial charge in [-0.05, 0) is 19.4 Å². The predicted molar refractivity (Wildman–Crippen MR) is 79.9 cm³/mol. The molecule has 5 heteroatoms. The molecule has 0 spiro atoms. The Morgan fingerprint density at radius 3 is 2.62 bits per heavy atom. The second-order valence-electron chi connectivity index (χ2n) is 5.09. The highest BCUT2D eigenvalue weighted by atomic mass is 16.5. The van der Waals surface area contributed by atoms with E-state index in [1.165, 1.54) is 13.8 Å². The molecule has 5 nitrogen and oxygen atoms in total. The molecule has 0 unspecified atom stereocenters. The van der Waals surface area contributed by atoms with Crippen molar-refractivity contribution in [2.24, 2.45) is 5.73 Å². The molecule has 112 valence electrons. The molecule has 21 heavy (non-hydrogen) atoms. The first-order chi connectivity index (χ1) is 9.86. The van der Waals surface area contributed by atoms with Crippen molar-refractivity contribution < 1.29 is 14.3 Å². The molecule has 0 radical (unpaired) electrons. The molecular formula is C16H20N2O3. The fourth-order valence-corrected chi connectivity index (χ4v) is 1.57. The largest absolute Gasteiger partial charge is 0.459 e. The summed E-state index contributed by atoms with van der Waals surface area (Å²) in [5, 5.41) is 2.51. The van der Waals surface area contributed by atoms with Gasteiger partial charge in [-0.2, -0.15) is 0 Å². The number of rotatable bonds is 6. The van der Waals surface area contributed by atoms with Crippen LogP contribution in [0.2, 0.25) is 0 Å². The number of ether oxygens (including phenoxy) is 1. The fourth-order valence-electron chi connectivity index (χ4n) is 1.57. The number of hydrogen-bond acceptors (Lipinski definition) is 4. The Morgan fingerprint density at radius 2 is 2.05 bits per heavy atom. The van der Waals surface area contributed by atoms with Crippen molar-refractivity contribution in [3.05, 3.63) is 35.9 Å². The number of hydrogen-bond donors (Lipinski definition) is 2. The van der Waals surface area contributed by atoms with Gasteiger partial charge < -0.3 is 15.8 Å². The maximum Gasteiger partial charge on any atom is 0.328 e. The molecule has 1 amide bonds. The second-order valence-corrected chi connectivity index (χ2v) is 5.09. The zero-order chi connectivity index (χ0) is 15.9. The van der Waals surface area contributed by atoms with Crippen LogP contribution in [0.4, 0.5) is 0 Å². The van der Waals surface area contributed by atoms with E-state index in [-0.39, 0.29) is 13.0 Å². The molecule has 0 heterocycles. The summed E-state index contributed by atoms with van der Waals surface area (Å²) in [5.74, 6) is 1.33. The van der Waals surface area contributed by atoms with Crippen LogP contribution < -0.4 is 11.1 Å². The lowest BCUT2D eigenvalue weighted by Gasteiger charge is -2.23. The smallest absolute Gasteiger partial charge is 0.328 e. The summed E-state index contributed by atoms with van der Waals surface area (Å²) in [7, 11) is 0. The molecule has 0 aromatic heterocycles. The molecule has 1 aromatic carbocycles. The van der Waals surface area contributed by atoms with Gasteiger partial charge in [-0.25, -0.2) is 4.79 Å². The topological polar surface area (TPSA) is 81.4 Å². The van der Waals surface area contributed by atoms with Crippen LogP contribution in [0.1, 0.15) is 25.8 Å². The van der Waals surface area contributed by atoms with Gasteiger partial charge >= 0.3 is 5.97 Å². The number of nitrogens with one attached hydrogen (secondary N) is 1. The monoisotopic (exact) mass is 288 g/mol. The fraction of sp³-hybridized carbons (Fsp3) is 0.375. The van der Waals surface area contributed by atoms with Crippen molar-refractivity contribution >= 4 is 11.9 Å². The lowest BCUT2D eigenvalue weighted by Crippen LogP contribution is -2.55. The Labute approximate surface area is 124 Å². The van der Waals surface area contributed by atoms with Crippen molar-refractivity contribution in [2.75, 3.05) is 0 Å². The lowest BCUT2D eigenvalue weighted by molar-refractivity contribution is -0.149. The van der Waals surface area contributed by atoms with Crippen molar-refractivity contribution in [3.63, 3.8) is 0 Å². The summed E-state index contributed by atoms with van der Waals surface area (Å²) in [6, 6.07) is 8.49. The van der Waals surface area contributed by atoms with Gasteiger partial charge in [0.2, 0.25) is 5.91 Å². The van der Waals surface area contributed by atoms with E-state index < -0.39 is 23.5 Å². The maximum absolute atomic E-state index is 11.9. The van der Waals surface area contributed by atoms with Crippen LogP contribution in [0.3, 0.4) is 0 Å². The van der Waals surface area contributed by atoms with Gasteiger partial charge in [0.25, 0.3) is 0 Å². The summed E-state index contributed by atoms with van der Waals surface area (Å²) < 4.78 is 5.13. The third-order valence-corrected chi connectivity index (χ3v) is 2.91. The molecule has 0 fully saturated rings. The van der Waals surface area contributed by atoms with E-state index in [0.29, 0.717) is 0 Å². The molecule has 0 aliphatic heterocycles. The molecule has 0 saturated heterocycles. The molecule has 0 bridgehead atoms. The Bertz CT molecular complexity index is 532. The Balaban J connectivity index is 2.48. The first kappa shape index (κ1) is 16.7. The van der Waals surface area contributed by atoms with Gasteiger partial charge in [-0.3, -0.25) is 4.79 Å². The van der Waals surface area contributed by atoms with Crippen molar-refractivity contribution in [2.45, 2.75) is 38.5 Å². The molecule has 3 N–H and O–H groups in total. The van der Waals surface area contributed by atoms with Crippen LogP contribution in [-0.2, 0) is 20.9 Å². The highest BCUT2D eigenvalue weighted by Gasteiger charge is 2.30. The molecule has 1 aromatic rings. The zero-order valence-electron chi connectivity index (χ0n) is 12.3. The third-order valence-electron chi connectivity index (χ3n) is 2.91. The number of benzene rings is 1. The Morgan fingerprint density at radius 1 is 1.43 bits per heavy atom. The van der Waals surface area contributed by atoms with Gasteiger partial charge in [-0.1, -0.05) is 30.3 Å². The first-order valence-corrected chi connectivity index (χ1v) is 6.60. The van der Waals surface area contributed by atoms with E-state index in [4.69, 9.17) is 16.9 Å². The summed E-state index contributed by atoms with van der Waals surface area (Å²) in [5.41, 5.74) is 5.45. The van der Waals surface area contributed by atoms with E-state index in [9.17, 15) is 9.59 Å². The molecule has 1 rings (SSSR count). The van der Waals surface area contributed by atoms with Gasteiger partial charge in [0.15, 0.2) is 0 Å². The van der Waals surface area contributed by atoms with E-state index >= 15 is 0 Å². The molecule has 0 saturated carbocycles. The number of amides is 1. The Kier molecular flexibility index (Phi) is 5.94. The minimum Gasteiger partial charge on any atom is -0.459 e. The standard InChI is InChI=1S/C16H20N2O3/c1-4-10-16(3,17)15(20)18-12(2)14(19)21-11-13-8-6-5-7-9-13/h1,5-9,12H,10-11,17H2,2-3H3,(H,18,20)/t12-,16+/m0/s1. The van der Waals surface area contributed by atoms with Gasteiger partial charge in [-0.15, -0.1) is 12.3 Å². The van der Waals surface area contributed by atoms with E-state index in [1.807, 2.05) is 30.3 Å². The van der Waals surface area contributed by atoms with Gasteiger partial charge in [0.1, 0.15) is 18.2 Å². The molecule has 0 aliphatic rings. The van der Waals surface area contributed by atoms with Crippen LogP contribution in [0.15, 0.2) is 30.3 Å². The van der Waals surface area contributed by atoms with Gasteiger partial charge in [0.05, 0.1) is 0 Å². The Hall–Kier alpha value is -2.32. The normalized spacial score (nSPS) is 14.4. The minimum absolute atomic E-state index is 0.0879. The van der Waals surface area contributed by atoms with Crippen molar-refractivity contribution in [1.29, 1.82) is 0 Å². The highest BCUT2D eigenvalue weighted by Crippen LogP contribution is 2.06. The van der Waals surface area contributed by atoms with E-state index in [1.54, 1.807) is 0 Å². The van der Waals surface area contributed by atoms with Crippen LogP contribution in [-0.4, -0.2) is 23.5 Å². The minimum atomic E-state index is -1.21. The number of nitrogens with two attached hydrogens (primary N) is 1. The second kappa shape index (κ2) is 7.46. The summed E-state index contributed by atoms with van der Waals surface area (Å²) in [4.78, 5) is 23.7. The quantitative estimate of drug-likeness (QED) is 0.604. The molecule has 2 atom stereocenters. The number of esters is 1. The third kappa shape index (κ3) is 5.28. The number of carbonyl (C=O) groups excluding carboxylic acids is 2. The van der Waals surface area contributed by atoms with E-state index in [0.717, 1.165) is 5.56 Å². The lowest BCUT2D eigenvalue weighted by atomic mass is 9.98. The highest BCUT2D eigenvalue weighted by molar-refractivity contribution is 5.90.